The van der Waals surface area contributed by atoms with Crippen molar-refractivity contribution in [2.24, 2.45) is 5.92 Å². The molecule has 1 aromatic carbocycles. The molecule has 0 radical (unpaired) electrons. The van der Waals surface area contributed by atoms with Crippen LogP contribution in [0.3, 0.4) is 0 Å². The second-order valence-electron chi connectivity index (χ2n) is 5.47. The lowest BCUT2D eigenvalue weighted by molar-refractivity contribution is 0.0628. The fourth-order valence-electron chi connectivity index (χ4n) is 2.44. The number of rotatable bonds is 2. The summed E-state index contributed by atoms with van der Waals surface area (Å²) in [5.41, 5.74) is 1.71. The largest absolute Gasteiger partial charge is 0.393 e. The predicted molar refractivity (Wildman–Crippen MR) is 74.5 cm³/mol. The van der Waals surface area contributed by atoms with Crippen molar-refractivity contribution in [3.8, 4) is 0 Å². The number of hydrogen-bond acceptors (Lipinski definition) is 3. The van der Waals surface area contributed by atoms with Crippen LogP contribution in [0.25, 0.3) is 0 Å². The van der Waals surface area contributed by atoms with E-state index in [0.29, 0.717) is 24.4 Å². The topological polar surface area (TPSA) is 57.6 Å². The summed E-state index contributed by atoms with van der Waals surface area (Å²) >= 11 is 0. The van der Waals surface area contributed by atoms with Gasteiger partial charge < -0.3 is 5.11 Å². The third kappa shape index (κ3) is 2.83. The molecule has 1 heterocycles. The minimum Gasteiger partial charge on any atom is -0.393 e. The van der Waals surface area contributed by atoms with Crippen molar-refractivity contribution in [1.29, 1.82) is 0 Å². The molecule has 0 spiro atoms. The molecule has 1 saturated heterocycles. The van der Waals surface area contributed by atoms with Gasteiger partial charge in [-0.1, -0.05) is 19.1 Å². The SMILES string of the molecule is Cc1ccc(C)c(S(=O)(=O)N2CCC(O)C(C)C2)c1. The van der Waals surface area contributed by atoms with Crippen LogP contribution < -0.4 is 0 Å². The van der Waals surface area contributed by atoms with Gasteiger partial charge >= 0.3 is 0 Å². The van der Waals surface area contributed by atoms with E-state index in [4.69, 9.17) is 0 Å². The Balaban J connectivity index is 2.35. The Morgan fingerprint density at radius 3 is 2.63 bits per heavy atom. The van der Waals surface area contributed by atoms with Crippen molar-refractivity contribution in [3.63, 3.8) is 0 Å². The fourth-order valence-corrected chi connectivity index (χ4v) is 4.30. The summed E-state index contributed by atoms with van der Waals surface area (Å²) in [5, 5.41) is 9.71. The molecule has 106 valence electrons. The van der Waals surface area contributed by atoms with Crippen LogP contribution in [0.2, 0.25) is 0 Å². The van der Waals surface area contributed by atoms with Crippen molar-refractivity contribution < 1.29 is 13.5 Å². The van der Waals surface area contributed by atoms with Gasteiger partial charge in [0.25, 0.3) is 0 Å². The molecule has 4 nitrogen and oxygen atoms in total. The maximum absolute atomic E-state index is 12.7. The fraction of sp³-hybridized carbons (Fsp3) is 0.571. The average molecular weight is 283 g/mol. The number of aliphatic hydroxyl groups is 1. The van der Waals surface area contributed by atoms with E-state index in [-0.39, 0.29) is 5.92 Å². The van der Waals surface area contributed by atoms with E-state index in [0.717, 1.165) is 11.1 Å². The smallest absolute Gasteiger partial charge is 0.243 e. The zero-order valence-corrected chi connectivity index (χ0v) is 12.4. The highest BCUT2D eigenvalue weighted by molar-refractivity contribution is 7.89. The van der Waals surface area contributed by atoms with Gasteiger partial charge in [0.2, 0.25) is 10.0 Å². The first kappa shape index (κ1) is 14.5. The molecular weight excluding hydrogens is 262 g/mol. The molecular formula is C14H21NO3S. The Morgan fingerprint density at radius 1 is 1.32 bits per heavy atom. The van der Waals surface area contributed by atoms with Crippen molar-refractivity contribution in [2.45, 2.75) is 38.2 Å². The Kier molecular flexibility index (Phi) is 3.99. The molecule has 5 heteroatoms. The van der Waals surface area contributed by atoms with E-state index in [1.165, 1.54) is 4.31 Å². The molecule has 19 heavy (non-hydrogen) atoms. The maximum Gasteiger partial charge on any atom is 0.243 e. The zero-order valence-electron chi connectivity index (χ0n) is 11.6. The standard InChI is InChI=1S/C14H21NO3S/c1-10-4-5-11(2)14(8-10)19(17,18)15-7-6-13(16)12(3)9-15/h4-5,8,12-13,16H,6-7,9H2,1-3H3. The minimum absolute atomic E-state index is 0.0198. The first-order chi connectivity index (χ1) is 8.82. The van der Waals surface area contributed by atoms with E-state index in [9.17, 15) is 13.5 Å². The Hall–Kier alpha value is -0.910. The summed E-state index contributed by atoms with van der Waals surface area (Å²) in [7, 11) is -3.45. The monoisotopic (exact) mass is 283 g/mol. The molecule has 2 rings (SSSR count). The normalized spacial score (nSPS) is 25.5. The first-order valence-corrected chi connectivity index (χ1v) is 8.02. The lowest BCUT2D eigenvalue weighted by Crippen LogP contribution is -2.45. The van der Waals surface area contributed by atoms with Gasteiger partial charge in [0, 0.05) is 13.1 Å². The van der Waals surface area contributed by atoms with Crippen molar-refractivity contribution in [3.05, 3.63) is 29.3 Å². The Labute approximate surface area is 115 Å². The van der Waals surface area contributed by atoms with Gasteiger partial charge in [0.1, 0.15) is 0 Å². The molecule has 1 fully saturated rings. The molecule has 0 aliphatic carbocycles. The van der Waals surface area contributed by atoms with Gasteiger partial charge in [-0.05, 0) is 43.4 Å². The van der Waals surface area contributed by atoms with E-state index in [2.05, 4.69) is 0 Å². The number of sulfonamides is 1. The average Bonchev–Trinajstić information content (AvgIpc) is 2.35. The summed E-state index contributed by atoms with van der Waals surface area (Å²) in [5.74, 6) is -0.0198. The van der Waals surface area contributed by atoms with Gasteiger partial charge in [-0.25, -0.2) is 8.42 Å². The van der Waals surface area contributed by atoms with Crippen LogP contribution in [0.15, 0.2) is 23.1 Å². The lowest BCUT2D eigenvalue weighted by atomic mass is 9.99. The minimum atomic E-state index is -3.45. The van der Waals surface area contributed by atoms with E-state index < -0.39 is 16.1 Å². The van der Waals surface area contributed by atoms with Crippen LogP contribution in [0.1, 0.15) is 24.5 Å². The van der Waals surface area contributed by atoms with Crippen LogP contribution in [0.5, 0.6) is 0 Å². The number of benzene rings is 1. The van der Waals surface area contributed by atoms with Crippen molar-refractivity contribution in [2.75, 3.05) is 13.1 Å². The van der Waals surface area contributed by atoms with Gasteiger partial charge in [-0.3, -0.25) is 0 Å². The van der Waals surface area contributed by atoms with Gasteiger partial charge in [-0.15, -0.1) is 0 Å². The number of nitrogens with zero attached hydrogens (tertiary/aromatic N) is 1. The number of hydrogen-bond donors (Lipinski definition) is 1. The molecule has 1 aromatic rings. The van der Waals surface area contributed by atoms with E-state index in [1.54, 1.807) is 6.07 Å². The van der Waals surface area contributed by atoms with E-state index >= 15 is 0 Å². The van der Waals surface area contributed by atoms with E-state index in [1.807, 2.05) is 32.9 Å². The Bertz CT molecular complexity index is 568. The summed E-state index contributed by atoms with van der Waals surface area (Å²) in [6.45, 7) is 6.36. The highest BCUT2D eigenvalue weighted by Gasteiger charge is 2.33. The summed E-state index contributed by atoms with van der Waals surface area (Å²) in [6, 6.07) is 5.47. The Morgan fingerprint density at radius 2 is 2.00 bits per heavy atom. The lowest BCUT2D eigenvalue weighted by Gasteiger charge is -2.33. The summed E-state index contributed by atoms with van der Waals surface area (Å²) < 4.78 is 26.8. The molecule has 1 N–H and O–H groups in total. The van der Waals surface area contributed by atoms with Crippen molar-refractivity contribution in [1.82, 2.24) is 4.31 Å². The molecule has 2 unspecified atom stereocenters. The highest BCUT2D eigenvalue weighted by atomic mass is 32.2. The third-order valence-electron chi connectivity index (χ3n) is 3.78. The maximum atomic E-state index is 12.7. The first-order valence-electron chi connectivity index (χ1n) is 6.58. The quantitative estimate of drug-likeness (QED) is 0.898. The summed E-state index contributed by atoms with van der Waals surface area (Å²) in [6.07, 6.45) is 0.107. The highest BCUT2D eigenvalue weighted by Crippen LogP contribution is 2.26. The molecule has 1 aliphatic rings. The van der Waals surface area contributed by atoms with Crippen LogP contribution in [-0.2, 0) is 10.0 Å². The molecule has 2 atom stereocenters. The van der Waals surface area contributed by atoms with Crippen LogP contribution >= 0.6 is 0 Å². The molecule has 0 saturated carbocycles. The molecule has 0 aromatic heterocycles. The van der Waals surface area contributed by atoms with Gasteiger partial charge in [-0.2, -0.15) is 4.31 Å². The number of aryl methyl sites for hydroxylation is 2. The molecule has 1 aliphatic heterocycles. The molecule has 0 amide bonds. The van der Waals surface area contributed by atoms with Crippen LogP contribution in [-0.4, -0.2) is 37.0 Å². The number of piperidine rings is 1. The zero-order chi connectivity index (χ0) is 14.2. The second-order valence-corrected chi connectivity index (χ2v) is 7.37. The van der Waals surface area contributed by atoms with Gasteiger partial charge in [0.15, 0.2) is 0 Å². The second kappa shape index (κ2) is 5.23. The van der Waals surface area contributed by atoms with Crippen molar-refractivity contribution >= 4 is 10.0 Å². The third-order valence-corrected chi connectivity index (χ3v) is 5.79. The summed E-state index contributed by atoms with van der Waals surface area (Å²) in [4.78, 5) is 0.385. The molecule has 0 bridgehead atoms. The van der Waals surface area contributed by atoms with Crippen LogP contribution in [0.4, 0.5) is 0 Å². The van der Waals surface area contributed by atoms with Gasteiger partial charge in [0.05, 0.1) is 11.0 Å². The van der Waals surface area contributed by atoms with Crippen LogP contribution in [0, 0.1) is 19.8 Å². The number of aliphatic hydroxyl groups excluding tert-OH is 1. The predicted octanol–water partition coefficient (Wildman–Crippen LogP) is 1.69.